The molecule has 0 fully saturated rings. The molecule has 19 heavy (non-hydrogen) atoms. The number of thiazole rings is 1. The molecule has 3 aromatic rings. The van der Waals surface area contributed by atoms with Crippen LogP contribution in [0.4, 0.5) is 5.69 Å². The molecule has 2 aromatic carbocycles. The molecule has 3 nitrogen and oxygen atoms in total. The summed E-state index contributed by atoms with van der Waals surface area (Å²) < 4.78 is 6.74. The van der Waals surface area contributed by atoms with Crippen LogP contribution < -0.4 is 10.5 Å². The van der Waals surface area contributed by atoms with E-state index in [1.807, 2.05) is 6.07 Å². The van der Waals surface area contributed by atoms with Gasteiger partial charge in [-0.25, -0.2) is 4.98 Å². The number of benzene rings is 2. The van der Waals surface area contributed by atoms with E-state index in [4.69, 9.17) is 33.7 Å². The van der Waals surface area contributed by atoms with Gasteiger partial charge in [0.1, 0.15) is 22.0 Å². The summed E-state index contributed by atoms with van der Waals surface area (Å²) in [4.78, 5) is 4.21. The zero-order valence-electron chi connectivity index (χ0n) is 9.56. The van der Waals surface area contributed by atoms with Gasteiger partial charge >= 0.3 is 0 Å². The van der Waals surface area contributed by atoms with E-state index < -0.39 is 0 Å². The van der Waals surface area contributed by atoms with Gasteiger partial charge in [-0.15, -0.1) is 11.3 Å². The van der Waals surface area contributed by atoms with E-state index in [1.165, 1.54) is 11.3 Å². The van der Waals surface area contributed by atoms with Crippen LogP contribution in [0.5, 0.6) is 11.5 Å². The number of hydrogen-bond acceptors (Lipinski definition) is 4. The van der Waals surface area contributed by atoms with E-state index in [1.54, 1.807) is 29.8 Å². The van der Waals surface area contributed by atoms with E-state index in [0.29, 0.717) is 27.2 Å². The first-order valence-electron chi connectivity index (χ1n) is 5.40. The van der Waals surface area contributed by atoms with Crippen molar-refractivity contribution >= 4 is 50.4 Å². The summed E-state index contributed by atoms with van der Waals surface area (Å²) in [5, 5.41) is 0.800. The second-order valence-corrected chi connectivity index (χ2v) is 5.50. The van der Waals surface area contributed by atoms with Crippen LogP contribution in [0.25, 0.3) is 10.2 Å². The zero-order valence-corrected chi connectivity index (χ0v) is 11.9. The molecule has 0 amide bonds. The quantitative estimate of drug-likeness (QED) is 0.679. The lowest BCUT2D eigenvalue weighted by molar-refractivity contribution is 0.486. The van der Waals surface area contributed by atoms with E-state index in [2.05, 4.69) is 4.98 Å². The lowest BCUT2D eigenvalue weighted by Crippen LogP contribution is -1.93. The minimum atomic E-state index is 0.363. The van der Waals surface area contributed by atoms with Gasteiger partial charge in [-0.3, -0.25) is 0 Å². The molecule has 1 heterocycles. The fraction of sp³-hybridized carbons (Fsp3) is 0. The average Bonchev–Trinajstić information content (AvgIpc) is 2.87. The van der Waals surface area contributed by atoms with Crippen LogP contribution in [0.3, 0.4) is 0 Å². The maximum atomic E-state index is 6.08. The van der Waals surface area contributed by atoms with Crippen molar-refractivity contribution in [2.24, 2.45) is 0 Å². The Kier molecular flexibility index (Phi) is 3.22. The van der Waals surface area contributed by atoms with Crippen molar-refractivity contribution in [1.82, 2.24) is 4.98 Å². The van der Waals surface area contributed by atoms with Crippen LogP contribution in [0, 0.1) is 0 Å². The van der Waals surface area contributed by atoms with Gasteiger partial charge in [0, 0.05) is 0 Å². The number of fused-ring (bicyclic) bond motifs is 1. The number of halogens is 2. The fourth-order valence-corrected chi connectivity index (χ4v) is 2.73. The van der Waals surface area contributed by atoms with Gasteiger partial charge in [-0.2, -0.15) is 0 Å². The number of hydrogen-bond donors (Lipinski definition) is 1. The predicted molar refractivity (Wildman–Crippen MR) is 80.6 cm³/mol. The summed E-state index contributed by atoms with van der Waals surface area (Å²) in [5.41, 5.74) is 9.02. The van der Waals surface area contributed by atoms with E-state index in [9.17, 15) is 0 Å². The van der Waals surface area contributed by atoms with Crippen molar-refractivity contribution in [3.05, 3.63) is 45.9 Å². The molecule has 3 rings (SSSR count). The molecule has 0 saturated carbocycles. The summed E-state index contributed by atoms with van der Waals surface area (Å²) in [6, 6.07) is 8.91. The Morgan fingerprint density at radius 3 is 2.79 bits per heavy atom. The molecule has 6 heteroatoms. The molecular formula is C13H8Cl2N2OS. The van der Waals surface area contributed by atoms with Gasteiger partial charge in [-0.1, -0.05) is 29.3 Å². The summed E-state index contributed by atoms with van der Waals surface area (Å²) in [5.74, 6) is 0.984. The molecule has 1 aromatic heterocycles. The highest BCUT2D eigenvalue weighted by Gasteiger charge is 2.11. The third kappa shape index (κ3) is 2.23. The Labute approximate surface area is 123 Å². The number of rotatable bonds is 2. The first kappa shape index (κ1) is 12.5. The van der Waals surface area contributed by atoms with Gasteiger partial charge in [0.2, 0.25) is 0 Å². The summed E-state index contributed by atoms with van der Waals surface area (Å²) in [6.45, 7) is 0. The second kappa shape index (κ2) is 4.89. The topological polar surface area (TPSA) is 48.1 Å². The van der Waals surface area contributed by atoms with Crippen molar-refractivity contribution in [2.45, 2.75) is 0 Å². The van der Waals surface area contributed by atoms with Crippen molar-refractivity contribution in [2.75, 3.05) is 5.73 Å². The highest BCUT2D eigenvalue weighted by atomic mass is 35.5. The number of anilines is 1. The van der Waals surface area contributed by atoms with Crippen LogP contribution in [0.2, 0.25) is 10.0 Å². The number of ether oxygens (including phenoxy) is 1. The smallest absolute Gasteiger partial charge is 0.152 e. The monoisotopic (exact) mass is 310 g/mol. The maximum Gasteiger partial charge on any atom is 0.152 e. The Morgan fingerprint density at radius 2 is 1.95 bits per heavy atom. The molecule has 0 spiro atoms. The Balaban J connectivity index is 2.05. The molecule has 0 bridgehead atoms. The first-order valence-corrected chi connectivity index (χ1v) is 7.04. The molecular weight excluding hydrogens is 303 g/mol. The van der Waals surface area contributed by atoms with Gasteiger partial charge < -0.3 is 10.5 Å². The molecule has 0 atom stereocenters. The lowest BCUT2D eigenvalue weighted by Gasteiger charge is -2.10. The van der Waals surface area contributed by atoms with Crippen LogP contribution >= 0.6 is 34.5 Å². The Hall–Kier alpha value is -1.49. The van der Waals surface area contributed by atoms with Gasteiger partial charge in [0.25, 0.3) is 0 Å². The minimum absolute atomic E-state index is 0.363. The molecule has 0 aliphatic heterocycles. The largest absolute Gasteiger partial charge is 0.453 e. The normalized spacial score (nSPS) is 10.8. The predicted octanol–water partition coefficient (Wildman–Crippen LogP) is 4.98. The second-order valence-electron chi connectivity index (χ2n) is 3.83. The van der Waals surface area contributed by atoms with Crippen molar-refractivity contribution in [3.63, 3.8) is 0 Å². The molecule has 2 N–H and O–H groups in total. The fourth-order valence-electron chi connectivity index (χ4n) is 1.70. The summed E-state index contributed by atoms with van der Waals surface area (Å²) in [6.07, 6.45) is 0. The Morgan fingerprint density at radius 1 is 1.11 bits per heavy atom. The van der Waals surface area contributed by atoms with Gasteiger partial charge in [0.15, 0.2) is 5.75 Å². The SMILES string of the molecule is Nc1c(Oc2cccc(Cl)c2Cl)ccc2scnc12. The molecule has 96 valence electrons. The number of aromatic nitrogens is 1. The maximum absolute atomic E-state index is 6.08. The third-order valence-electron chi connectivity index (χ3n) is 2.64. The molecule has 0 radical (unpaired) electrons. The van der Waals surface area contributed by atoms with E-state index in [-0.39, 0.29) is 0 Å². The molecule has 0 saturated heterocycles. The highest BCUT2D eigenvalue weighted by molar-refractivity contribution is 7.16. The van der Waals surface area contributed by atoms with Crippen LogP contribution in [-0.4, -0.2) is 4.98 Å². The summed E-state index contributed by atoms with van der Waals surface area (Å²) in [7, 11) is 0. The van der Waals surface area contributed by atoms with Crippen molar-refractivity contribution in [3.8, 4) is 11.5 Å². The number of nitrogens with two attached hydrogens (primary N) is 1. The number of nitrogens with zero attached hydrogens (tertiary/aromatic N) is 1. The molecule has 0 aliphatic carbocycles. The van der Waals surface area contributed by atoms with Crippen LogP contribution in [0.1, 0.15) is 0 Å². The van der Waals surface area contributed by atoms with Crippen LogP contribution in [0.15, 0.2) is 35.8 Å². The lowest BCUT2D eigenvalue weighted by atomic mass is 10.2. The van der Waals surface area contributed by atoms with Crippen LogP contribution in [-0.2, 0) is 0 Å². The summed E-state index contributed by atoms with van der Waals surface area (Å²) >= 11 is 13.6. The van der Waals surface area contributed by atoms with Crippen molar-refractivity contribution in [1.29, 1.82) is 0 Å². The number of nitrogen functional groups attached to an aromatic ring is 1. The van der Waals surface area contributed by atoms with E-state index >= 15 is 0 Å². The standard InChI is InChI=1S/C13H8Cl2N2OS/c14-7-2-1-3-8(11(7)15)18-9-4-5-10-13(12(9)16)17-6-19-10/h1-6H,16H2. The molecule has 0 aliphatic rings. The zero-order chi connectivity index (χ0) is 13.4. The van der Waals surface area contributed by atoms with Gasteiger partial charge in [0.05, 0.1) is 15.2 Å². The van der Waals surface area contributed by atoms with Crippen molar-refractivity contribution < 1.29 is 4.74 Å². The molecule has 0 unspecified atom stereocenters. The van der Waals surface area contributed by atoms with Gasteiger partial charge in [-0.05, 0) is 24.3 Å². The minimum Gasteiger partial charge on any atom is -0.453 e. The average molecular weight is 311 g/mol. The third-order valence-corrected chi connectivity index (χ3v) is 4.23. The Bertz CT molecular complexity index is 757. The first-order chi connectivity index (χ1) is 9.16. The van der Waals surface area contributed by atoms with E-state index in [0.717, 1.165) is 10.2 Å². The highest BCUT2D eigenvalue weighted by Crippen LogP contribution is 2.38.